The molecule has 118 valence electrons. The zero-order chi connectivity index (χ0) is 15.5. The highest BCUT2D eigenvalue weighted by molar-refractivity contribution is 5.52. The van der Waals surface area contributed by atoms with E-state index in [-0.39, 0.29) is 12.8 Å². The van der Waals surface area contributed by atoms with Crippen LogP contribution in [0.25, 0.3) is 0 Å². The van der Waals surface area contributed by atoms with Gasteiger partial charge in [0.25, 0.3) is 0 Å². The van der Waals surface area contributed by atoms with Gasteiger partial charge in [0.15, 0.2) is 0 Å². The van der Waals surface area contributed by atoms with Crippen LogP contribution in [0.2, 0.25) is 0 Å². The Bertz CT molecular complexity index is 452. The fourth-order valence-electron chi connectivity index (χ4n) is 2.63. The number of hydrogen-bond donors (Lipinski definition) is 1. The smallest absolute Gasteiger partial charge is 0.371 e. The number of nitrogens with zero attached hydrogens (tertiary/aromatic N) is 2. The summed E-state index contributed by atoms with van der Waals surface area (Å²) in [6.07, 6.45) is -0.233. The number of alkyl halides is 3. The second kappa shape index (κ2) is 6.64. The number of aromatic nitrogens is 1. The third-order valence-corrected chi connectivity index (χ3v) is 3.88. The van der Waals surface area contributed by atoms with Crippen LogP contribution in [0, 0.1) is 5.92 Å². The molecule has 1 fully saturated rings. The lowest BCUT2D eigenvalue weighted by Gasteiger charge is -2.35. The molecule has 1 N–H and O–H groups in total. The number of hydrogen-bond acceptors (Lipinski definition) is 3. The maximum Gasteiger partial charge on any atom is 0.391 e. The molecule has 1 aromatic heterocycles. The molecule has 2 heterocycles. The fraction of sp³-hybridized carbons (Fsp3) is 0.667. The molecule has 2 rings (SSSR count). The summed E-state index contributed by atoms with van der Waals surface area (Å²) >= 11 is 0. The van der Waals surface area contributed by atoms with Gasteiger partial charge in [-0.3, -0.25) is 4.98 Å². The number of halogens is 3. The predicted octanol–water partition coefficient (Wildman–Crippen LogP) is 3.36. The zero-order valence-electron chi connectivity index (χ0n) is 12.5. The van der Waals surface area contributed by atoms with E-state index in [1.54, 1.807) is 12.4 Å². The molecule has 3 nitrogen and oxygen atoms in total. The lowest BCUT2D eigenvalue weighted by atomic mass is 9.95. The molecule has 0 aliphatic carbocycles. The van der Waals surface area contributed by atoms with E-state index in [4.69, 9.17) is 0 Å². The van der Waals surface area contributed by atoms with Crippen LogP contribution in [-0.4, -0.2) is 30.3 Å². The first-order chi connectivity index (χ1) is 9.88. The van der Waals surface area contributed by atoms with Gasteiger partial charge in [0.2, 0.25) is 0 Å². The van der Waals surface area contributed by atoms with E-state index in [9.17, 15) is 13.2 Å². The van der Waals surface area contributed by atoms with Gasteiger partial charge in [0, 0.05) is 49.3 Å². The Labute approximate surface area is 123 Å². The van der Waals surface area contributed by atoms with E-state index >= 15 is 0 Å². The Kier molecular flexibility index (Phi) is 5.08. The molecule has 21 heavy (non-hydrogen) atoms. The summed E-state index contributed by atoms with van der Waals surface area (Å²) in [6, 6.07) is 2.25. The quantitative estimate of drug-likeness (QED) is 0.924. The topological polar surface area (TPSA) is 28.2 Å². The molecular weight excluding hydrogens is 279 g/mol. The van der Waals surface area contributed by atoms with Crippen molar-refractivity contribution < 1.29 is 13.2 Å². The van der Waals surface area contributed by atoms with Crippen LogP contribution >= 0.6 is 0 Å². The second-order valence-electron chi connectivity index (χ2n) is 5.84. The summed E-state index contributed by atoms with van der Waals surface area (Å²) in [4.78, 5) is 6.17. The van der Waals surface area contributed by atoms with Crippen molar-refractivity contribution in [3.63, 3.8) is 0 Å². The van der Waals surface area contributed by atoms with Crippen molar-refractivity contribution in [2.45, 2.75) is 45.5 Å². The minimum Gasteiger partial charge on any atom is -0.371 e. The normalized spacial score (nSPS) is 17.5. The van der Waals surface area contributed by atoms with Crippen LogP contribution < -0.4 is 10.2 Å². The molecular formula is C15H22F3N3. The highest BCUT2D eigenvalue weighted by Crippen LogP contribution is 2.35. The Morgan fingerprint density at radius 3 is 2.57 bits per heavy atom. The standard InChI is InChI=1S/C15H22F3N3/c1-11(2)20-10-12-9-19-6-3-14(12)21-7-4-13(5-8-21)15(16,17)18/h3,6,9,11,13,20H,4-5,7-8,10H2,1-2H3. The van der Waals surface area contributed by atoms with Crippen LogP contribution in [0.1, 0.15) is 32.3 Å². The van der Waals surface area contributed by atoms with Gasteiger partial charge in [-0.2, -0.15) is 13.2 Å². The lowest BCUT2D eigenvalue weighted by Crippen LogP contribution is -2.39. The maximum absolute atomic E-state index is 12.7. The first-order valence-corrected chi connectivity index (χ1v) is 7.36. The molecule has 0 unspecified atom stereocenters. The largest absolute Gasteiger partial charge is 0.391 e. The van der Waals surface area contributed by atoms with Crippen molar-refractivity contribution in [2.24, 2.45) is 5.92 Å². The maximum atomic E-state index is 12.7. The van der Waals surface area contributed by atoms with Crippen molar-refractivity contribution in [2.75, 3.05) is 18.0 Å². The number of rotatable bonds is 4. The summed E-state index contributed by atoms with van der Waals surface area (Å²) in [7, 11) is 0. The van der Waals surface area contributed by atoms with Gasteiger partial charge in [0.1, 0.15) is 0 Å². The molecule has 1 aliphatic heterocycles. The molecule has 1 aliphatic rings. The van der Waals surface area contributed by atoms with Crippen molar-refractivity contribution in [3.05, 3.63) is 24.0 Å². The van der Waals surface area contributed by atoms with Crippen LogP contribution in [0.3, 0.4) is 0 Å². The average molecular weight is 301 g/mol. The van der Waals surface area contributed by atoms with E-state index in [2.05, 4.69) is 24.1 Å². The van der Waals surface area contributed by atoms with Crippen LogP contribution in [-0.2, 0) is 6.54 Å². The van der Waals surface area contributed by atoms with Crippen molar-refractivity contribution in [1.29, 1.82) is 0 Å². The van der Waals surface area contributed by atoms with E-state index in [0.29, 0.717) is 25.7 Å². The minimum atomic E-state index is -4.06. The third-order valence-electron chi connectivity index (χ3n) is 3.88. The summed E-state index contributed by atoms with van der Waals surface area (Å²) in [5, 5.41) is 3.33. The predicted molar refractivity (Wildman–Crippen MR) is 77.2 cm³/mol. The van der Waals surface area contributed by atoms with Gasteiger partial charge < -0.3 is 10.2 Å². The monoisotopic (exact) mass is 301 g/mol. The van der Waals surface area contributed by atoms with Gasteiger partial charge in [-0.25, -0.2) is 0 Å². The molecule has 0 atom stereocenters. The third kappa shape index (κ3) is 4.33. The summed E-state index contributed by atoms with van der Waals surface area (Å²) in [5.74, 6) is -1.16. The second-order valence-corrected chi connectivity index (χ2v) is 5.84. The number of piperidine rings is 1. The Morgan fingerprint density at radius 1 is 1.33 bits per heavy atom. The van der Waals surface area contributed by atoms with Gasteiger partial charge in [-0.05, 0) is 18.9 Å². The summed E-state index contributed by atoms with van der Waals surface area (Å²) in [5.41, 5.74) is 2.04. The van der Waals surface area contributed by atoms with Gasteiger partial charge in [0.05, 0.1) is 5.92 Å². The molecule has 1 saturated heterocycles. The Balaban J connectivity index is 2.03. The highest BCUT2D eigenvalue weighted by Gasteiger charge is 2.41. The van der Waals surface area contributed by atoms with Gasteiger partial charge >= 0.3 is 6.18 Å². The van der Waals surface area contributed by atoms with E-state index in [1.165, 1.54) is 0 Å². The minimum absolute atomic E-state index is 0.170. The van der Waals surface area contributed by atoms with Crippen molar-refractivity contribution in [3.8, 4) is 0 Å². The number of pyridine rings is 1. The van der Waals surface area contributed by atoms with E-state index in [0.717, 1.165) is 11.3 Å². The molecule has 0 saturated carbocycles. The molecule has 0 amide bonds. The first-order valence-electron chi connectivity index (χ1n) is 7.36. The molecule has 0 radical (unpaired) electrons. The lowest BCUT2D eigenvalue weighted by molar-refractivity contribution is -0.179. The van der Waals surface area contributed by atoms with Crippen molar-refractivity contribution >= 4 is 5.69 Å². The number of anilines is 1. The first kappa shape index (κ1) is 16.1. The average Bonchev–Trinajstić information content (AvgIpc) is 2.44. The number of nitrogens with one attached hydrogen (secondary N) is 1. The molecule has 6 heteroatoms. The molecule has 1 aromatic rings. The van der Waals surface area contributed by atoms with Crippen molar-refractivity contribution in [1.82, 2.24) is 10.3 Å². The summed E-state index contributed by atoms with van der Waals surface area (Å²) < 4.78 is 38.2. The fourth-order valence-corrected chi connectivity index (χ4v) is 2.63. The Hall–Kier alpha value is -1.30. The van der Waals surface area contributed by atoms with Gasteiger partial charge in [-0.1, -0.05) is 13.8 Å². The molecule has 0 aromatic carbocycles. The van der Waals surface area contributed by atoms with E-state index in [1.807, 2.05) is 11.0 Å². The van der Waals surface area contributed by atoms with Gasteiger partial charge in [-0.15, -0.1) is 0 Å². The van der Waals surface area contributed by atoms with Crippen LogP contribution in [0.4, 0.5) is 18.9 Å². The Morgan fingerprint density at radius 2 is 2.00 bits per heavy atom. The van der Waals surface area contributed by atoms with E-state index < -0.39 is 12.1 Å². The summed E-state index contributed by atoms with van der Waals surface area (Å²) in [6.45, 7) is 5.70. The van der Waals surface area contributed by atoms with Crippen LogP contribution in [0.5, 0.6) is 0 Å². The highest BCUT2D eigenvalue weighted by atomic mass is 19.4. The van der Waals surface area contributed by atoms with Crippen LogP contribution in [0.15, 0.2) is 18.5 Å². The SMILES string of the molecule is CC(C)NCc1cnccc1N1CCC(C(F)(F)F)CC1. The molecule has 0 bridgehead atoms. The molecule has 0 spiro atoms. The zero-order valence-corrected chi connectivity index (χ0v) is 12.5.